The van der Waals surface area contributed by atoms with E-state index in [1.54, 1.807) is 7.11 Å². The third-order valence-corrected chi connectivity index (χ3v) is 9.77. The first-order chi connectivity index (χ1) is 17.6. The number of anilines is 1. The van der Waals surface area contributed by atoms with Crippen LogP contribution in [-0.4, -0.2) is 85.8 Å². The van der Waals surface area contributed by atoms with E-state index in [2.05, 4.69) is 88.4 Å². The lowest BCUT2D eigenvalue weighted by molar-refractivity contribution is 0.0801. The van der Waals surface area contributed by atoms with E-state index < -0.39 is 0 Å². The highest BCUT2D eigenvalue weighted by Gasteiger charge is 2.38. The van der Waals surface area contributed by atoms with Crippen LogP contribution in [0.5, 0.6) is 5.75 Å². The van der Waals surface area contributed by atoms with Crippen molar-refractivity contribution in [2.45, 2.75) is 37.6 Å². The van der Waals surface area contributed by atoms with Crippen LogP contribution in [0.15, 0.2) is 59.7 Å². The van der Waals surface area contributed by atoms with Gasteiger partial charge < -0.3 is 19.4 Å². The smallest absolute Gasteiger partial charge is 0.167 e. The maximum absolute atomic E-state index is 5.60. The molecule has 6 nitrogen and oxygen atoms in total. The number of rotatable bonds is 8. The maximum Gasteiger partial charge on any atom is 0.167 e. The van der Waals surface area contributed by atoms with E-state index in [9.17, 15) is 0 Å². The number of likely N-dealkylation sites (tertiary alicyclic amines) is 1. The number of hydrogen-bond donors (Lipinski definition) is 0. The number of benzene rings is 2. The Bertz CT molecular complexity index is 1010. The molecule has 5 rings (SSSR count). The van der Waals surface area contributed by atoms with E-state index in [1.807, 2.05) is 11.8 Å². The minimum absolute atomic E-state index is 0.276. The van der Waals surface area contributed by atoms with E-state index in [0.29, 0.717) is 5.41 Å². The topological polar surface area (TPSA) is 34.6 Å². The maximum atomic E-state index is 5.60. The molecule has 0 aliphatic carbocycles. The van der Waals surface area contributed by atoms with Crippen molar-refractivity contribution in [1.82, 2.24) is 14.8 Å². The first-order valence-electron chi connectivity index (χ1n) is 13.4. The van der Waals surface area contributed by atoms with Crippen molar-refractivity contribution in [3.63, 3.8) is 0 Å². The van der Waals surface area contributed by atoms with Gasteiger partial charge in [-0.1, -0.05) is 42.5 Å². The van der Waals surface area contributed by atoms with Gasteiger partial charge in [-0.05, 0) is 75.0 Å². The lowest BCUT2D eigenvalue weighted by atomic mass is 9.71. The van der Waals surface area contributed by atoms with Gasteiger partial charge in [0.25, 0.3) is 0 Å². The first-order valence-corrected chi connectivity index (χ1v) is 14.5. The predicted octanol–water partition coefficient (Wildman–Crippen LogP) is 5.02. The highest BCUT2D eigenvalue weighted by molar-refractivity contribution is 7.99. The minimum atomic E-state index is 0.276. The molecule has 3 aliphatic rings. The molecule has 3 heterocycles. The molecule has 194 valence electrons. The summed E-state index contributed by atoms with van der Waals surface area (Å²) in [5.41, 5.74) is 3.26. The fraction of sp³-hybridized carbons (Fsp3) is 0.552. The number of piperidine rings is 2. The van der Waals surface area contributed by atoms with Crippen LogP contribution < -0.4 is 9.64 Å². The molecule has 2 aromatic rings. The van der Waals surface area contributed by atoms with Crippen LogP contribution in [0.2, 0.25) is 0 Å². The zero-order valence-corrected chi connectivity index (χ0v) is 22.9. The average Bonchev–Trinajstić information content (AvgIpc) is 3.21. The van der Waals surface area contributed by atoms with Gasteiger partial charge in [0.15, 0.2) is 11.3 Å². The Kier molecular flexibility index (Phi) is 7.96. The number of hydrogen-bond acceptors (Lipinski definition) is 7. The monoisotopic (exact) mass is 507 g/mol. The lowest BCUT2D eigenvalue weighted by Crippen LogP contribution is -2.47. The molecular weight excluding hydrogens is 466 g/mol. The second-order valence-electron chi connectivity index (χ2n) is 10.5. The van der Waals surface area contributed by atoms with E-state index in [1.165, 1.54) is 63.0 Å². The lowest BCUT2D eigenvalue weighted by Gasteiger charge is -2.47. The van der Waals surface area contributed by atoms with Crippen molar-refractivity contribution < 1.29 is 4.74 Å². The van der Waals surface area contributed by atoms with Crippen molar-refractivity contribution in [2.24, 2.45) is 10.5 Å². The summed E-state index contributed by atoms with van der Waals surface area (Å²) >= 11 is 2.00. The van der Waals surface area contributed by atoms with Crippen molar-refractivity contribution in [3.8, 4) is 5.75 Å². The summed E-state index contributed by atoms with van der Waals surface area (Å²) in [7, 11) is 6.03. The molecule has 2 aromatic carbocycles. The van der Waals surface area contributed by atoms with E-state index in [4.69, 9.17) is 9.84 Å². The standard InChI is InChI=1S/C29H41N5OS/c1-31-27(24-10-5-4-6-11-24)30-32(2)28(31)36-23-9-18-33-19-14-29(15-20-33)16-21-34(22-17-29)25-12-7-8-13-26(25)35-3/h4-8,10-13,28H,9,14-23H2,1-3H3. The van der Waals surface area contributed by atoms with Crippen LogP contribution in [-0.2, 0) is 0 Å². The quantitative estimate of drug-likeness (QED) is 0.467. The van der Waals surface area contributed by atoms with Crippen molar-refractivity contribution in [2.75, 3.05) is 64.6 Å². The minimum Gasteiger partial charge on any atom is -0.495 e. The van der Waals surface area contributed by atoms with Gasteiger partial charge in [-0.2, -0.15) is 5.10 Å². The number of thioether (sulfide) groups is 1. The molecule has 1 unspecified atom stereocenters. The molecule has 3 aliphatic heterocycles. The molecular formula is C29H41N5OS. The summed E-state index contributed by atoms with van der Waals surface area (Å²) in [6.45, 7) is 6.01. The van der Waals surface area contributed by atoms with E-state index in [-0.39, 0.29) is 5.50 Å². The van der Waals surface area contributed by atoms with Gasteiger partial charge in [-0.25, -0.2) is 0 Å². The largest absolute Gasteiger partial charge is 0.495 e. The SMILES string of the molecule is COc1ccccc1N1CCC2(CCN(CCCSC3N(C)N=C(c4ccccc4)N3C)CC2)CC1. The summed E-state index contributed by atoms with van der Waals surface area (Å²) in [6, 6.07) is 19.0. The Balaban J connectivity index is 1.02. The van der Waals surface area contributed by atoms with E-state index >= 15 is 0 Å². The summed E-state index contributed by atoms with van der Waals surface area (Å²) in [5.74, 6) is 3.22. The van der Waals surface area contributed by atoms with E-state index in [0.717, 1.165) is 30.4 Å². The Morgan fingerprint density at radius 2 is 1.58 bits per heavy atom. The highest BCUT2D eigenvalue weighted by atomic mass is 32.2. The normalized spacial score (nSPS) is 22.2. The van der Waals surface area contributed by atoms with Crippen LogP contribution in [0, 0.1) is 5.41 Å². The predicted molar refractivity (Wildman–Crippen MR) is 152 cm³/mol. The zero-order chi connectivity index (χ0) is 25.0. The molecule has 0 aromatic heterocycles. The molecule has 2 fully saturated rings. The van der Waals surface area contributed by atoms with Gasteiger partial charge in [-0.3, -0.25) is 5.01 Å². The van der Waals surface area contributed by atoms with Crippen molar-refractivity contribution in [1.29, 1.82) is 0 Å². The van der Waals surface area contributed by atoms with Crippen molar-refractivity contribution in [3.05, 3.63) is 60.2 Å². The molecule has 36 heavy (non-hydrogen) atoms. The summed E-state index contributed by atoms with van der Waals surface area (Å²) in [5, 5.41) is 6.91. The van der Waals surface area contributed by atoms with Crippen LogP contribution in [0.1, 0.15) is 37.7 Å². The number of hydrazone groups is 1. The highest BCUT2D eigenvalue weighted by Crippen LogP contribution is 2.43. The van der Waals surface area contributed by atoms with Crippen LogP contribution in [0.25, 0.3) is 0 Å². The van der Waals surface area contributed by atoms with Crippen LogP contribution in [0.4, 0.5) is 5.69 Å². The van der Waals surface area contributed by atoms with Crippen molar-refractivity contribution >= 4 is 23.3 Å². The molecule has 2 saturated heterocycles. The molecule has 1 spiro atoms. The van der Waals surface area contributed by atoms with Gasteiger partial charge in [0.1, 0.15) is 5.75 Å². The number of ether oxygens (including phenoxy) is 1. The summed E-state index contributed by atoms with van der Waals surface area (Å²) in [4.78, 5) is 7.53. The Labute approximate surface area is 221 Å². The van der Waals surface area contributed by atoms with Crippen LogP contribution in [0.3, 0.4) is 0 Å². The number of amidine groups is 1. The number of para-hydroxylation sites is 2. The second-order valence-corrected chi connectivity index (χ2v) is 11.7. The third-order valence-electron chi connectivity index (χ3n) is 8.32. The number of nitrogens with zero attached hydrogens (tertiary/aromatic N) is 5. The van der Waals surface area contributed by atoms with Gasteiger partial charge in [-0.15, -0.1) is 11.8 Å². The third kappa shape index (κ3) is 5.47. The van der Waals surface area contributed by atoms with Crippen LogP contribution >= 0.6 is 11.8 Å². The van der Waals surface area contributed by atoms with Gasteiger partial charge in [0.05, 0.1) is 12.8 Å². The molecule has 7 heteroatoms. The molecule has 1 atom stereocenters. The fourth-order valence-corrected chi connectivity index (χ4v) is 7.13. The Morgan fingerprint density at radius 1 is 0.917 bits per heavy atom. The zero-order valence-electron chi connectivity index (χ0n) is 22.1. The number of methoxy groups -OCH3 is 1. The molecule has 0 radical (unpaired) electrons. The van der Waals surface area contributed by atoms with Gasteiger partial charge in [0.2, 0.25) is 0 Å². The van der Waals surface area contributed by atoms with Gasteiger partial charge >= 0.3 is 0 Å². The fourth-order valence-electron chi connectivity index (χ4n) is 6.03. The first kappa shape index (κ1) is 25.3. The average molecular weight is 508 g/mol. The summed E-state index contributed by atoms with van der Waals surface area (Å²) < 4.78 is 5.60. The van der Waals surface area contributed by atoms with Gasteiger partial charge in [0, 0.05) is 32.7 Å². The molecule has 0 bridgehead atoms. The molecule has 0 amide bonds. The Hall–Kier alpha value is -2.38. The Morgan fingerprint density at radius 3 is 2.31 bits per heavy atom. The summed E-state index contributed by atoms with van der Waals surface area (Å²) in [6.07, 6.45) is 6.54. The molecule has 0 saturated carbocycles. The molecule has 0 N–H and O–H groups in total. The second kappa shape index (κ2) is 11.3.